The number of methoxy groups -OCH3 is 1. The molecule has 2 aromatic heterocycles. The Labute approximate surface area is 195 Å². The summed E-state index contributed by atoms with van der Waals surface area (Å²) in [5.74, 6) is 3.29. The van der Waals surface area contributed by atoms with Gasteiger partial charge < -0.3 is 19.9 Å². The van der Waals surface area contributed by atoms with E-state index in [9.17, 15) is 0 Å². The number of aromatic nitrogens is 2. The monoisotopic (exact) mass is 440 g/mol. The van der Waals surface area contributed by atoms with Gasteiger partial charge in [0, 0.05) is 54.2 Å². The van der Waals surface area contributed by atoms with Gasteiger partial charge >= 0.3 is 0 Å². The van der Waals surface area contributed by atoms with Crippen LogP contribution in [-0.4, -0.2) is 28.7 Å². The van der Waals surface area contributed by atoms with Crippen molar-refractivity contribution in [3.05, 3.63) is 65.9 Å². The van der Waals surface area contributed by atoms with Crippen molar-refractivity contribution in [1.29, 1.82) is 0 Å². The van der Waals surface area contributed by atoms with E-state index in [0.29, 0.717) is 18.0 Å². The van der Waals surface area contributed by atoms with E-state index in [1.54, 1.807) is 7.11 Å². The van der Waals surface area contributed by atoms with E-state index in [4.69, 9.17) is 9.72 Å². The number of nitrogens with zero attached hydrogens (tertiary/aromatic N) is 2. The molecule has 6 rings (SSSR count). The fourth-order valence-corrected chi connectivity index (χ4v) is 6.33. The van der Waals surface area contributed by atoms with Gasteiger partial charge in [0.2, 0.25) is 0 Å². The van der Waals surface area contributed by atoms with Gasteiger partial charge in [0.25, 0.3) is 0 Å². The maximum atomic E-state index is 5.41. The second kappa shape index (κ2) is 8.07. The Morgan fingerprint density at radius 2 is 1.88 bits per heavy atom. The summed E-state index contributed by atoms with van der Waals surface area (Å²) < 4.78 is 7.65. The van der Waals surface area contributed by atoms with E-state index >= 15 is 0 Å². The second-order valence-corrected chi connectivity index (χ2v) is 9.97. The van der Waals surface area contributed by atoms with Crippen LogP contribution >= 0.6 is 0 Å². The number of pyridine rings is 1. The Morgan fingerprint density at radius 3 is 2.73 bits per heavy atom. The molecule has 0 aliphatic heterocycles. The van der Waals surface area contributed by atoms with Crippen molar-refractivity contribution >= 4 is 27.6 Å². The molecule has 5 heteroatoms. The fourth-order valence-electron chi connectivity index (χ4n) is 6.33. The average Bonchev–Trinajstić information content (AvgIpc) is 3.50. The van der Waals surface area contributed by atoms with Gasteiger partial charge in [-0.05, 0) is 73.4 Å². The predicted molar refractivity (Wildman–Crippen MR) is 135 cm³/mol. The topological polar surface area (TPSA) is 51.1 Å². The number of hydrogen-bond acceptors (Lipinski definition) is 4. The molecular formula is C28H32N4O. The van der Waals surface area contributed by atoms with Crippen LogP contribution in [0, 0.1) is 18.8 Å². The molecule has 0 spiro atoms. The lowest BCUT2D eigenvalue weighted by molar-refractivity contribution is 0.327. The minimum absolute atomic E-state index is 0.476. The largest absolute Gasteiger partial charge is 0.497 e. The summed E-state index contributed by atoms with van der Waals surface area (Å²) in [5, 5.41) is 10.3. The van der Waals surface area contributed by atoms with Crippen LogP contribution in [0.4, 0.5) is 5.82 Å². The molecule has 0 unspecified atom stereocenters. The third-order valence-electron chi connectivity index (χ3n) is 7.91. The van der Waals surface area contributed by atoms with Gasteiger partial charge in [-0.2, -0.15) is 0 Å². The number of rotatable bonds is 6. The van der Waals surface area contributed by atoms with Crippen LogP contribution in [0.15, 0.2) is 54.7 Å². The first-order chi connectivity index (χ1) is 16.1. The molecule has 0 saturated heterocycles. The quantitative estimate of drug-likeness (QED) is 0.421. The zero-order chi connectivity index (χ0) is 22.5. The SMILES string of the molecule is COc1ccc2c(C)cc(N[C@H]3C[C@@H]4C[C@H]3[C@@H](NCc3cn(C)c5ccccc35)C4)nc2c1. The summed E-state index contributed by atoms with van der Waals surface area (Å²) in [6.45, 7) is 3.09. The van der Waals surface area contributed by atoms with Crippen LogP contribution in [-0.2, 0) is 13.6 Å². The van der Waals surface area contributed by atoms with E-state index in [2.05, 4.69) is 71.8 Å². The molecule has 2 aromatic carbocycles. The van der Waals surface area contributed by atoms with E-state index in [-0.39, 0.29) is 0 Å². The number of nitrogens with one attached hydrogen (secondary N) is 2. The summed E-state index contributed by atoms with van der Waals surface area (Å²) in [6, 6.07) is 18.1. The van der Waals surface area contributed by atoms with E-state index in [1.807, 2.05) is 12.1 Å². The summed E-state index contributed by atoms with van der Waals surface area (Å²) in [5.41, 5.74) is 4.93. The molecule has 170 valence electrons. The molecule has 2 saturated carbocycles. The molecule has 0 radical (unpaired) electrons. The van der Waals surface area contributed by atoms with Gasteiger partial charge in [-0.3, -0.25) is 0 Å². The number of ether oxygens (including phenoxy) is 1. The molecule has 2 aliphatic carbocycles. The van der Waals surface area contributed by atoms with E-state index < -0.39 is 0 Å². The molecule has 2 fully saturated rings. The van der Waals surface area contributed by atoms with Gasteiger partial charge in [-0.25, -0.2) is 4.98 Å². The smallest absolute Gasteiger partial charge is 0.127 e. The highest BCUT2D eigenvalue weighted by Crippen LogP contribution is 2.46. The number of anilines is 1. The van der Waals surface area contributed by atoms with Crippen molar-refractivity contribution in [3.63, 3.8) is 0 Å². The van der Waals surface area contributed by atoms with Crippen molar-refractivity contribution in [2.75, 3.05) is 12.4 Å². The van der Waals surface area contributed by atoms with Crippen LogP contribution in [0.25, 0.3) is 21.8 Å². The van der Waals surface area contributed by atoms with Crippen LogP contribution in [0.1, 0.15) is 30.4 Å². The lowest BCUT2D eigenvalue weighted by Crippen LogP contribution is -2.42. The minimum Gasteiger partial charge on any atom is -0.497 e. The zero-order valence-corrected chi connectivity index (χ0v) is 19.6. The summed E-state index contributed by atoms with van der Waals surface area (Å²) in [4.78, 5) is 4.93. The summed E-state index contributed by atoms with van der Waals surface area (Å²) in [6.07, 6.45) is 6.12. The van der Waals surface area contributed by atoms with Crippen molar-refractivity contribution in [1.82, 2.24) is 14.9 Å². The van der Waals surface area contributed by atoms with Gasteiger partial charge in [-0.15, -0.1) is 0 Å². The molecule has 4 atom stereocenters. The highest BCUT2D eigenvalue weighted by Gasteiger charge is 2.46. The van der Waals surface area contributed by atoms with Crippen molar-refractivity contribution < 1.29 is 4.74 Å². The normalized spacial score (nSPS) is 24.1. The Kier molecular flexibility index (Phi) is 5.02. The number of aryl methyl sites for hydroxylation is 2. The number of benzene rings is 2. The van der Waals surface area contributed by atoms with Crippen LogP contribution in [0.3, 0.4) is 0 Å². The van der Waals surface area contributed by atoms with Gasteiger partial charge in [0.15, 0.2) is 0 Å². The Bertz CT molecular complexity index is 1330. The predicted octanol–water partition coefficient (Wildman–Crippen LogP) is 5.41. The Hall–Kier alpha value is -3.05. The van der Waals surface area contributed by atoms with E-state index in [0.717, 1.165) is 29.5 Å². The molecular weight excluding hydrogens is 408 g/mol. The van der Waals surface area contributed by atoms with Crippen molar-refractivity contribution in [3.8, 4) is 5.75 Å². The van der Waals surface area contributed by atoms with Gasteiger partial charge in [0.05, 0.1) is 12.6 Å². The zero-order valence-electron chi connectivity index (χ0n) is 19.6. The lowest BCUT2D eigenvalue weighted by atomic mass is 9.90. The molecule has 2 heterocycles. The second-order valence-electron chi connectivity index (χ2n) is 9.97. The highest BCUT2D eigenvalue weighted by atomic mass is 16.5. The number of hydrogen-bond donors (Lipinski definition) is 2. The highest BCUT2D eigenvalue weighted by molar-refractivity contribution is 5.85. The van der Waals surface area contributed by atoms with Crippen LogP contribution in [0.5, 0.6) is 5.75 Å². The maximum Gasteiger partial charge on any atom is 0.127 e. The summed E-state index contributed by atoms with van der Waals surface area (Å²) in [7, 11) is 3.84. The molecule has 2 bridgehead atoms. The first-order valence-corrected chi connectivity index (χ1v) is 12.1. The standard InChI is InChI=1S/C28H32N4O/c1-17-10-28(31-26-14-20(33-3)8-9-21(17)26)30-25-13-18-11-23(25)24(12-18)29-15-19-16-32(2)27-7-5-4-6-22(19)27/h4-10,14,16,18,23-25,29H,11-13,15H2,1-3H3,(H,30,31)/t18-,23+,24+,25+/m1/s1. The van der Waals surface area contributed by atoms with Crippen LogP contribution < -0.4 is 15.4 Å². The number of fused-ring (bicyclic) bond motifs is 4. The number of para-hydroxylation sites is 1. The van der Waals surface area contributed by atoms with E-state index in [1.165, 1.54) is 46.7 Å². The summed E-state index contributed by atoms with van der Waals surface area (Å²) >= 11 is 0. The third-order valence-corrected chi connectivity index (χ3v) is 7.91. The first kappa shape index (κ1) is 20.5. The fraction of sp³-hybridized carbons (Fsp3) is 0.393. The Balaban J connectivity index is 1.18. The van der Waals surface area contributed by atoms with Gasteiger partial charge in [0.1, 0.15) is 11.6 Å². The molecule has 4 aromatic rings. The first-order valence-electron chi connectivity index (χ1n) is 12.1. The lowest BCUT2D eigenvalue weighted by Gasteiger charge is -2.31. The average molecular weight is 441 g/mol. The van der Waals surface area contributed by atoms with Crippen LogP contribution in [0.2, 0.25) is 0 Å². The maximum absolute atomic E-state index is 5.41. The Morgan fingerprint density at radius 1 is 1.03 bits per heavy atom. The van der Waals surface area contributed by atoms with Crippen molar-refractivity contribution in [2.24, 2.45) is 18.9 Å². The molecule has 0 amide bonds. The molecule has 33 heavy (non-hydrogen) atoms. The minimum atomic E-state index is 0.476. The molecule has 2 aliphatic rings. The molecule has 2 N–H and O–H groups in total. The van der Waals surface area contributed by atoms with Crippen molar-refractivity contribution in [2.45, 2.75) is 44.8 Å². The van der Waals surface area contributed by atoms with Gasteiger partial charge in [-0.1, -0.05) is 18.2 Å². The molecule has 5 nitrogen and oxygen atoms in total. The third kappa shape index (κ3) is 3.65.